The molecule has 0 aliphatic carbocycles. The minimum atomic E-state index is -4.74. The largest absolute Gasteiger partial charge is 0.416 e. The number of hydrogen-bond donors (Lipinski definition) is 0. The molecule has 0 spiro atoms. The molecule has 3 aromatic carbocycles. The molecule has 0 fully saturated rings. The highest BCUT2D eigenvalue weighted by Crippen LogP contribution is 2.33. The van der Waals surface area contributed by atoms with Crippen LogP contribution in [0.4, 0.5) is 23.2 Å². The van der Waals surface area contributed by atoms with Crippen molar-refractivity contribution in [2.24, 2.45) is 5.92 Å². The molecular formula is C30H34F4N2O4S. The second kappa shape index (κ2) is 13.4. The first-order valence-electron chi connectivity index (χ1n) is 13.2. The molecular weight excluding hydrogens is 560 g/mol. The van der Waals surface area contributed by atoms with E-state index in [0.717, 1.165) is 18.2 Å². The van der Waals surface area contributed by atoms with E-state index < -0.39 is 32.6 Å². The van der Waals surface area contributed by atoms with Gasteiger partial charge in [-0.1, -0.05) is 38.1 Å². The molecule has 41 heavy (non-hydrogen) atoms. The lowest BCUT2D eigenvalue weighted by atomic mass is 10.1. The van der Waals surface area contributed by atoms with Gasteiger partial charge in [0.1, 0.15) is 16.5 Å². The van der Waals surface area contributed by atoms with E-state index in [9.17, 15) is 30.8 Å². The second-order valence-corrected chi connectivity index (χ2v) is 11.5. The van der Waals surface area contributed by atoms with Crippen LogP contribution in [0.3, 0.4) is 0 Å². The Kier molecular flexibility index (Phi) is 10.4. The molecule has 11 heteroatoms. The maximum Gasteiger partial charge on any atom is 0.416 e. The SMILES string of the molecule is CCN(CC)c1ccc(CN(Cc2ccc(F)cc2)C(=O)CC(C)C)c(OS(=O)(=O)c2cccc(C(F)(F)F)c2)c1. The third kappa shape index (κ3) is 8.69. The topological polar surface area (TPSA) is 66.9 Å². The van der Waals surface area contributed by atoms with E-state index in [-0.39, 0.29) is 37.1 Å². The van der Waals surface area contributed by atoms with Gasteiger partial charge in [0.15, 0.2) is 0 Å². The molecule has 0 aromatic heterocycles. The predicted molar refractivity (Wildman–Crippen MR) is 149 cm³/mol. The van der Waals surface area contributed by atoms with E-state index >= 15 is 0 Å². The molecule has 0 atom stereocenters. The second-order valence-electron chi connectivity index (χ2n) is 10.0. The summed E-state index contributed by atoms with van der Waals surface area (Å²) < 4.78 is 85.2. The third-order valence-electron chi connectivity index (χ3n) is 6.41. The summed E-state index contributed by atoms with van der Waals surface area (Å²) in [7, 11) is -4.68. The van der Waals surface area contributed by atoms with Gasteiger partial charge in [-0.3, -0.25) is 4.79 Å². The van der Waals surface area contributed by atoms with Crippen LogP contribution in [-0.2, 0) is 34.2 Å². The summed E-state index contributed by atoms with van der Waals surface area (Å²) in [6, 6.07) is 14.0. The van der Waals surface area contributed by atoms with Gasteiger partial charge in [0.25, 0.3) is 0 Å². The maximum atomic E-state index is 13.5. The Morgan fingerprint density at radius 3 is 2.17 bits per heavy atom. The van der Waals surface area contributed by atoms with Gasteiger partial charge in [0.05, 0.1) is 5.56 Å². The van der Waals surface area contributed by atoms with Crippen LogP contribution in [0.5, 0.6) is 5.75 Å². The Morgan fingerprint density at radius 1 is 0.927 bits per heavy atom. The molecule has 0 saturated heterocycles. The van der Waals surface area contributed by atoms with Gasteiger partial charge in [-0.25, -0.2) is 4.39 Å². The lowest BCUT2D eigenvalue weighted by molar-refractivity contribution is -0.137. The molecule has 222 valence electrons. The molecule has 0 N–H and O–H groups in total. The number of anilines is 1. The van der Waals surface area contributed by atoms with Gasteiger partial charge >= 0.3 is 16.3 Å². The molecule has 0 aliphatic heterocycles. The lowest BCUT2D eigenvalue weighted by Gasteiger charge is -2.26. The summed E-state index contributed by atoms with van der Waals surface area (Å²) in [4.78, 5) is 16.0. The zero-order chi connectivity index (χ0) is 30.4. The number of hydrogen-bond acceptors (Lipinski definition) is 5. The number of halogens is 4. The number of rotatable bonds is 12. The molecule has 0 bridgehead atoms. The van der Waals surface area contributed by atoms with Crippen molar-refractivity contribution in [3.8, 4) is 5.75 Å². The van der Waals surface area contributed by atoms with Gasteiger partial charge in [-0.2, -0.15) is 21.6 Å². The average molecular weight is 595 g/mol. The highest BCUT2D eigenvalue weighted by molar-refractivity contribution is 7.87. The number of benzene rings is 3. The quantitative estimate of drug-likeness (QED) is 0.166. The van der Waals surface area contributed by atoms with Crippen molar-refractivity contribution in [3.05, 3.63) is 89.2 Å². The van der Waals surface area contributed by atoms with Crippen molar-refractivity contribution in [1.29, 1.82) is 0 Å². The first-order chi connectivity index (χ1) is 19.2. The first kappa shape index (κ1) is 31.9. The Labute approximate surface area is 238 Å². The van der Waals surface area contributed by atoms with Gasteiger partial charge in [0, 0.05) is 49.9 Å². The molecule has 0 radical (unpaired) electrons. The summed E-state index contributed by atoms with van der Waals surface area (Å²) >= 11 is 0. The summed E-state index contributed by atoms with van der Waals surface area (Å²) in [6.07, 6.45) is -4.52. The van der Waals surface area contributed by atoms with Crippen LogP contribution in [-0.4, -0.2) is 32.3 Å². The van der Waals surface area contributed by atoms with E-state index in [0.29, 0.717) is 36.0 Å². The van der Waals surface area contributed by atoms with Crippen LogP contribution in [0, 0.1) is 11.7 Å². The van der Waals surface area contributed by atoms with Crippen LogP contribution in [0.1, 0.15) is 50.8 Å². The van der Waals surface area contributed by atoms with Gasteiger partial charge in [-0.15, -0.1) is 0 Å². The van der Waals surface area contributed by atoms with E-state index in [1.807, 2.05) is 32.6 Å². The van der Waals surface area contributed by atoms with Crippen LogP contribution >= 0.6 is 0 Å². The number of alkyl halides is 3. The Balaban J connectivity index is 2.05. The van der Waals surface area contributed by atoms with Gasteiger partial charge < -0.3 is 14.0 Å². The number of carbonyl (C=O) groups excluding carboxylic acids is 1. The molecule has 1 amide bonds. The van der Waals surface area contributed by atoms with E-state index in [1.54, 1.807) is 24.3 Å². The van der Waals surface area contributed by atoms with Crippen molar-refractivity contribution < 1.29 is 35.0 Å². The molecule has 0 saturated carbocycles. The average Bonchev–Trinajstić information content (AvgIpc) is 2.90. The smallest absolute Gasteiger partial charge is 0.379 e. The molecule has 6 nitrogen and oxygen atoms in total. The number of carbonyl (C=O) groups is 1. The standard InChI is InChI=1S/C30H34F4N2O4S/c1-5-35(6-2)26-15-12-23(20-36(29(37)16-21(3)4)19-22-10-13-25(31)14-11-22)28(18-26)40-41(38,39)27-9-7-8-24(17-27)30(32,33)34/h7-15,17-18,21H,5-6,16,19-20H2,1-4H3. The van der Waals surface area contributed by atoms with Crippen LogP contribution in [0.15, 0.2) is 71.6 Å². The zero-order valence-corrected chi connectivity index (χ0v) is 24.2. The first-order valence-corrected chi connectivity index (χ1v) is 14.7. The number of nitrogens with zero attached hydrogens (tertiary/aromatic N) is 2. The van der Waals surface area contributed by atoms with E-state index in [1.165, 1.54) is 23.1 Å². The Morgan fingerprint density at radius 2 is 1.59 bits per heavy atom. The fraction of sp³-hybridized carbons (Fsp3) is 0.367. The van der Waals surface area contributed by atoms with E-state index in [2.05, 4.69) is 0 Å². The van der Waals surface area contributed by atoms with Gasteiger partial charge in [-0.05, 0) is 61.7 Å². The predicted octanol–water partition coefficient (Wildman–Crippen LogP) is 7.03. The molecule has 3 aromatic rings. The van der Waals surface area contributed by atoms with Crippen molar-refractivity contribution >= 4 is 21.7 Å². The summed E-state index contributed by atoms with van der Waals surface area (Å²) in [6.45, 7) is 8.93. The highest BCUT2D eigenvalue weighted by Gasteiger charge is 2.32. The van der Waals surface area contributed by atoms with Crippen LogP contribution in [0.25, 0.3) is 0 Å². The summed E-state index contributed by atoms with van der Waals surface area (Å²) in [5.41, 5.74) is 0.536. The molecule has 3 rings (SSSR count). The monoisotopic (exact) mass is 594 g/mol. The van der Waals surface area contributed by atoms with Crippen molar-refractivity contribution in [2.75, 3.05) is 18.0 Å². The van der Waals surface area contributed by atoms with Crippen molar-refractivity contribution in [3.63, 3.8) is 0 Å². The third-order valence-corrected chi connectivity index (χ3v) is 7.64. The van der Waals surface area contributed by atoms with Crippen molar-refractivity contribution in [2.45, 2.75) is 58.3 Å². The Hall–Kier alpha value is -3.60. The minimum absolute atomic E-state index is 0.0419. The van der Waals surface area contributed by atoms with Crippen LogP contribution < -0.4 is 9.08 Å². The van der Waals surface area contributed by atoms with Crippen molar-refractivity contribution in [1.82, 2.24) is 4.90 Å². The summed E-state index contributed by atoms with van der Waals surface area (Å²) in [5, 5.41) is 0. The lowest BCUT2D eigenvalue weighted by Crippen LogP contribution is -2.31. The normalized spacial score (nSPS) is 11.9. The highest BCUT2D eigenvalue weighted by atomic mass is 32.2. The molecule has 0 heterocycles. The zero-order valence-electron chi connectivity index (χ0n) is 23.4. The molecule has 0 unspecified atom stereocenters. The van der Waals surface area contributed by atoms with Crippen LogP contribution in [0.2, 0.25) is 0 Å². The van der Waals surface area contributed by atoms with Gasteiger partial charge in [0.2, 0.25) is 5.91 Å². The Bertz CT molecular complexity index is 1440. The minimum Gasteiger partial charge on any atom is -0.379 e. The number of amides is 1. The fourth-order valence-corrected chi connectivity index (χ4v) is 5.26. The fourth-order valence-electron chi connectivity index (χ4n) is 4.26. The van der Waals surface area contributed by atoms with E-state index in [4.69, 9.17) is 4.18 Å². The summed E-state index contributed by atoms with van der Waals surface area (Å²) in [5.74, 6) is -0.686. The maximum absolute atomic E-state index is 13.5. The molecule has 0 aliphatic rings.